The number of ether oxygens (including phenoxy) is 1. The monoisotopic (exact) mass is 562 g/mol. The average molecular weight is 563 g/mol. The molecule has 0 spiro atoms. The third kappa shape index (κ3) is 3.73. The lowest BCUT2D eigenvalue weighted by molar-refractivity contribution is -0.172. The molecule has 0 saturated heterocycles. The molecule has 1 aromatic carbocycles. The summed E-state index contributed by atoms with van der Waals surface area (Å²) in [5.74, 6) is -1.33. The van der Waals surface area contributed by atoms with Gasteiger partial charge in [-0.1, -0.05) is 27.2 Å². The summed E-state index contributed by atoms with van der Waals surface area (Å²) in [5, 5.41) is 12.0. The summed E-state index contributed by atoms with van der Waals surface area (Å²) in [4.78, 5) is 46.5. The number of rotatable bonds is 5. The Kier molecular flexibility index (Phi) is 6.35. The van der Waals surface area contributed by atoms with Crippen LogP contribution in [0.2, 0.25) is 0 Å². The molecular formula is C31H35FN4O5. The van der Waals surface area contributed by atoms with Crippen molar-refractivity contribution in [2.24, 2.45) is 11.7 Å². The molecule has 2 aliphatic heterocycles. The van der Waals surface area contributed by atoms with Crippen LogP contribution in [-0.2, 0) is 39.5 Å². The minimum Gasteiger partial charge on any atom is -0.458 e. The first-order valence-electron chi connectivity index (χ1n) is 14.3. The second-order valence-corrected chi connectivity index (χ2v) is 11.7. The number of nitrogens with two attached hydrogens (primary N) is 1. The molecule has 0 radical (unpaired) electrons. The molecule has 41 heavy (non-hydrogen) atoms. The van der Waals surface area contributed by atoms with Crippen molar-refractivity contribution in [2.75, 3.05) is 7.05 Å². The molecule has 216 valence electrons. The van der Waals surface area contributed by atoms with Gasteiger partial charge >= 0.3 is 5.97 Å². The van der Waals surface area contributed by atoms with E-state index in [0.29, 0.717) is 35.3 Å². The predicted octanol–water partition coefficient (Wildman–Crippen LogP) is 3.35. The molecule has 1 amide bonds. The Labute approximate surface area is 237 Å². The molecule has 0 saturated carbocycles. The molecule has 1 aliphatic carbocycles. The maximum absolute atomic E-state index is 15.1. The maximum atomic E-state index is 15.1. The van der Waals surface area contributed by atoms with E-state index in [2.05, 4.69) is 0 Å². The minimum absolute atomic E-state index is 0.00302. The van der Waals surface area contributed by atoms with Crippen molar-refractivity contribution >= 4 is 22.8 Å². The number of aromatic nitrogens is 2. The van der Waals surface area contributed by atoms with Gasteiger partial charge in [-0.15, -0.1) is 0 Å². The number of cyclic esters (lactones) is 1. The minimum atomic E-state index is -1.95. The number of hydrogen-bond acceptors (Lipinski definition) is 7. The van der Waals surface area contributed by atoms with E-state index in [9.17, 15) is 19.5 Å². The van der Waals surface area contributed by atoms with Crippen LogP contribution in [0.3, 0.4) is 0 Å². The second-order valence-electron chi connectivity index (χ2n) is 11.7. The zero-order chi connectivity index (χ0) is 29.5. The summed E-state index contributed by atoms with van der Waals surface area (Å²) in [6.45, 7) is 7.33. The summed E-state index contributed by atoms with van der Waals surface area (Å²) >= 11 is 0. The topological polar surface area (TPSA) is 128 Å². The van der Waals surface area contributed by atoms with Crippen LogP contribution in [0.1, 0.15) is 79.5 Å². The van der Waals surface area contributed by atoms with Crippen LogP contribution in [0.4, 0.5) is 4.39 Å². The van der Waals surface area contributed by atoms with E-state index >= 15 is 4.39 Å². The zero-order valence-electron chi connectivity index (χ0n) is 24.0. The Morgan fingerprint density at radius 3 is 2.71 bits per heavy atom. The van der Waals surface area contributed by atoms with Crippen LogP contribution >= 0.6 is 0 Å². The summed E-state index contributed by atoms with van der Waals surface area (Å²) in [7, 11) is 1.76. The normalized spacial score (nSPS) is 22.0. The molecule has 0 bridgehead atoms. The lowest BCUT2D eigenvalue weighted by atomic mass is 9.81. The van der Waals surface area contributed by atoms with E-state index in [0.717, 1.165) is 28.5 Å². The molecule has 9 nitrogen and oxygen atoms in total. The van der Waals surface area contributed by atoms with Crippen molar-refractivity contribution < 1.29 is 23.8 Å². The number of fused-ring (bicyclic) bond motifs is 5. The van der Waals surface area contributed by atoms with Crippen LogP contribution in [0.5, 0.6) is 0 Å². The first-order valence-corrected chi connectivity index (χ1v) is 14.3. The van der Waals surface area contributed by atoms with Crippen molar-refractivity contribution in [2.45, 2.75) is 84.2 Å². The number of nitrogens with zero attached hydrogens (tertiary/aromatic N) is 3. The van der Waals surface area contributed by atoms with Gasteiger partial charge in [0, 0.05) is 29.6 Å². The Balaban J connectivity index is 1.61. The molecular weight excluding hydrogens is 527 g/mol. The quantitative estimate of drug-likeness (QED) is 0.357. The molecule has 3 aromatic rings. The summed E-state index contributed by atoms with van der Waals surface area (Å²) in [6.07, 6.45) is 1.93. The highest BCUT2D eigenvalue weighted by Gasteiger charge is 2.46. The highest BCUT2D eigenvalue weighted by Crippen LogP contribution is 2.47. The lowest BCUT2D eigenvalue weighted by Crippen LogP contribution is -2.47. The fourth-order valence-corrected chi connectivity index (χ4v) is 6.80. The van der Waals surface area contributed by atoms with Crippen LogP contribution in [0.15, 0.2) is 16.9 Å². The molecule has 0 fully saturated rings. The molecule has 4 heterocycles. The van der Waals surface area contributed by atoms with E-state index < -0.39 is 17.6 Å². The van der Waals surface area contributed by atoms with Gasteiger partial charge in [-0.05, 0) is 54.9 Å². The van der Waals surface area contributed by atoms with Crippen LogP contribution in [0, 0.1) is 18.7 Å². The fraction of sp³-hybridized carbons (Fsp3) is 0.484. The predicted molar refractivity (Wildman–Crippen MR) is 150 cm³/mol. The molecule has 6 rings (SSSR count). The largest absolute Gasteiger partial charge is 0.458 e. The van der Waals surface area contributed by atoms with E-state index in [1.807, 2.05) is 13.8 Å². The van der Waals surface area contributed by atoms with Crippen molar-refractivity contribution in [3.63, 3.8) is 0 Å². The van der Waals surface area contributed by atoms with Crippen molar-refractivity contribution in [1.82, 2.24) is 14.5 Å². The van der Waals surface area contributed by atoms with Crippen molar-refractivity contribution in [1.29, 1.82) is 0 Å². The number of pyridine rings is 2. The average Bonchev–Trinajstić information content (AvgIpc) is 3.35. The number of aliphatic hydroxyl groups is 1. The Morgan fingerprint density at radius 2 is 2.02 bits per heavy atom. The smallest absolute Gasteiger partial charge is 0.343 e. The molecule has 1 unspecified atom stereocenters. The number of amides is 1. The van der Waals surface area contributed by atoms with Crippen LogP contribution < -0.4 is 11.3 Å². The fourth-order valence-electron chi connectivity index (χ4n) is 6.80. The van der Waals surface area contributed by atoms with Crippen molar-refractivity contribution in [3.8, 4) is 11.4 Å². The van der Waals surface area contributed by atoms with Gasteiger partial charge in [0.1, 0.15) is 12.4 Å². The number of likely N-dealkylation sites (N-methyl/N-ethyl adjacent to an activating group) is 1. The number of esters is 1. The molecule has 3 N–H and O–H groups in total. The van der Waals surface area contributed by atoms with E-state index in [-0.39, 0.29) is 59.9 Å². The second kappa shape index (κ2) is 9.46. The first kappa shape index (κ1) is 27.5. The van der Waals surface area contributed by atoms with E-state index in [4.69, 9.17) is 15.5 Å². The number of carbonyl (C=O) groups excluding carboxylic acids is 2. The Bertz CT molecular complexity index is 1720. The Morgan fingerprint density at radius 1 is 1.29 bits per heavy atom. The van der Waals surface area contributed by atoms with Gasteiger partial charge in [0.2, 0.25) is 5.91 Å². The van der Waals surface area contributed by atoms with Gasteiger partial charge in [0.25, 0.3) is 5.56 Å². The van der Waals surface area contributed by atoms with Crippen LogP contribution in [0.25, 0.3) is 22.3 Å². The summed E-state index contributed by atoms with van der Waals surface area (Å²) in [5.41, 5.74) is 8.91. The van der Waals surface area contributed by atoms with Gasteiger partial charge < -0.3 is 25.0 Å². The van der Waals surface area contributed by atoms with Gasteiger partial charge in [0.15, 0.2) is 5.60 Å². The lowest BCUT2D eigenvalue weighted by Gasteiger charge is -2.37. The summed E-state index contributed by atoms with van der Waals surface area (Å²) in [6, 6.07) is 2.04. The number of benzene rings is 1. The van der Waals surface area contributed by atoms with Gasteiger partial charge in [-0.25, -0.2) is 14.2 Å². The third-order valence-electron chi connectivity index (χ3n) is 9.70. The highest BCUT2D eigenvalue weighted by molar-refractivity contribution is 5.94. The number of hydrogen-bond donors (Lipinski definition) is 2. The number of carbonyl (C=O) groups is 2. The Hall–Kier alpha value is -3.63. The van der Waals surface area contributed by atoms with E-state index in [1.54, 1.807) is 36.4 Å². The molecule has 2 aromatic heterocycles. The molecule has 3 aliphatic rings. The van der Waals surface area contributed by atoms with E-state index in [1.165, 1.54) is 6.07 Å². The van der Waals surface area contributed by atoms with Crippen molar-refractivity contribution in [3.05, 3.63) is 61.7 Å². The van der Waals surface area contributed by atoms with Gasteiger partial charge in [-0.2, -0.15) is 0 Å². The summed E-state index contributed by atoms with van der Waals surface area (Å²) < 4.78 is 21.9. The molecule has 10 heteroatoms. The third-order valence-corrected chi connectivity index (χ3v) is 9.70. The van der Waals surface area contributed by atoms with Gasteiger partial charge in [-0.3, -0.25) is 9.59 Å². The van der Waals surface area contributed by atoms with Crippen LogP contribution in [-0.4, -0.2) is 44.5 Å². The standard InChI is InChI=1S/C31H35FN4O5/c1-6-14(3)26(33)29(38)35(5)22-9-8-16-15(4)20(32)11-21-24(16)25(22)17-12-36-23(27(17)34-21)10-19-18(28(36)37)13-41-30(39)31(19,40)7-2/h10-11,14,22,26,40H,6-9,12-13,33H2,1-5H3/t14?,22-,26-,31-/m0/s1. The SMILES string of the molecule is CCC(C)[C@H](N)C(=O)N(C)[C@H]1CCc2c(C)c(F)cc3nc4c(c1c23)Cn1c-4cc2c(c1=O)COC(=O)[C@]2(O)CC. The molecule has 4 atom stereocenters. The first-order chi connectivity index (χ1) is 19.4. The van der Waals surface area contributed by atoms with Gasteiger partial charge in [0.05, 0.1) is 41.1 Å². The number of halogens is 1. The zero-order valence-corrected chi connectivity index (χ0v) is 24.0. The highest BCUT2D eigenvalue weighted by atomic mass is 19.1. The maximum Gasteiger partial charge on any atom is 0.343 e. The number of aryl methyl sites for hydroxylation is 1.